The van der Waals surface area contributed by atoms with E-state index < -0.39 is 11.7 Å². The molecule has 0 aliphatic rings. The second-order valence-electron chi connectivity index (χ2n) is 10.3. The van der Waals surface area contributed by atoms with E-state index >= 15 is 0 Å². The summed E-state index contributed by atoms with van der Waals surface area (Å²) in [4.78, 5) is 44.5. The van der Waals surface area contributed by atoms with Gasteiger partial charge in [0.1, 0.15) is 5.82 Å². The van der Waals surface area contributed by atoms with Crippen LogP contribution in [0.5, 0.6) is 0 Å². The number of nitrogens with one attached hydrogen (secondary N) is 1. The number of carbonyl (C=O) groups excluding carboxylic acids is 1. The molecule has 11 heteroatoms. The highest BCUT2D eigenvalue weighted by Crippen LogP contribution is 2.35. The third kappa shape index (κ3) is 6.29. The predicted molar refractivity (Wildman–Crippen MR) is 163 cm³/mol. The monoisotopic (exact) mass is 599 g/mol. The number of benzene rings is 3. The zero-order chi connectivity index (χ0) is 30.7. The van der Waals surface area contributed by atoms with Crippen molar-refractivity contribution in [3.05, 3.63) is 105 Å². The molecule has 0 saturated heterocycles. The highest BCUT2D eigenvalue weighted by molar-refractivity contribution is 6.32. The molecule has 0 unspecified atom stereocenters. The number of nitrogens with zero attached hydrogens (tertiary/aromatic N) is 4. The van der Waals surface area contributed by atoms with Crippen LogP contribution < -0.4 is 5.76 Å². The molecule has 2 heterocycles. The van der Waals surface area contributed by atoms with Gasteiger partial charge < -0.3 is 14.6 Å². The molecule has 0 saturated carbocycles. The van der Waals surface area contributed by atoms with Crippen molar-refractivity contribution in [2.45, 2.75) is 32.7 Å². The van der Waals surface area contributed by atoms with Gasteiger partial charge in [0.05, 0.1) is 0 Å². The Morgan fingerprint density at radius 3 is 2.26 bits per heavy atom. The van der Waals surface area contributed by atoms with E-state index in [-0.39, 0.29) is 16.8 Å². The van der Waals surface area contributed by atoms with Crippen molar-refractivity contribution in [2.75, 3.05) is 14.1 Å². The first-order chi connectivity index (χ1) is 20.7. The number of unbranched alkanes of at least 4 members (excludes halogenated alkanes) is 1. The first-order valence-corrected chi connectivity index (χ1v) is 14.1. The number of amides is 1. The van der Waals surface area contributed by atoms with Crippen LogP contribution in [0.4, 0.5) is 0 Å². The summed E-state index contributed by atoms with van der Waals surface area (Å²) >= 11 is 6.21. The van der Waals surface area contributed by atoms with Gasteiger partial charge in [-0.3, -0.25) is 14.3 Å². The first kappa shape index (κ1) is 29.5. The lowest BCUT2D eigenvalue weighted by Crippen LogP contribution is -2.21. The summed E-state index contributed by atoms with van der Waals surface area (Å²) in [6, 6.07) is 20.8. The summed E-state index contributed by atoms with van der Waals surface area (Å²) in [6.07, 6.45) is 2.43. The number of carbonyl (C=O) groups is 2. The molecule has 43 heavy (non-hydrogen) atoms. The van der Waals surface area contributed by atoms with Crippen LogP contribution in [0.25, 0.3) is 33.6 Å². The van der Waals surface area contributed by atoms with Crippen molar-refractivity contribution in [1.29, 1.82) is 0 Å². The number of aromatic nitrogens is 4. The molecule has 0 atom stereocenters. The highest BCUT2D eigenvalue weighted by atomic mass is 35.5. The number of carboxylic acid groups (broad SMARTS) is 1. The molecule has 220 valence electrons. The van der Waals surface area contributed by atoms with Crippen LogP contribution >= 0.6 is 11.6 Å². The topological polar surface area (TPSA) is 134 Å². The molecular formula is C32H30ClN5O5. The van der Waals surface area contributed by atoms with Crippen molar-refractivity contribution in [3.8, 4) is 33.6 Å². The molecule has 0 fully saturated rings. The number of halogens is 1. The van der Waals surface area contributed by atoms with Gasteiger partial charge in [-0.25, -0.2) is 14.6 Å². The Balaban J connectivity index is 1.52. The summed E-state index contributed by atoms with van der Waals surface area (Å²) in [5.41, 5.74) is 5.54. The number of rotatable bonds is 10. The Hall–Kier alpha value is -4.96. The Morgan fingerprint density at radius 2 is 1.65 bits per heavy atom. The minimum Gasteiger partial charge on any atom is -0.476 e. The van der Waals surface area contributed by atoms with Gasteiger partial charge in [0.15, 0.2) is 16.7 Å². The Kier molecular flexibility index (Phi) is 8.58. The van der Waals surface area contributed by atoms with E-state index in [1.165, 1.54) is 4.90 Å². The summed E-state index contributed by atoms with van der Waals surface area (Å²) in [5, 5.41) is 13.7. The number of aromatic amines is 1. The molecular weight excluding hydrogens is 570 g/mol. The van der Waals surface area contributed by atoms with E-state index in [4.69, 9.17) is 16.1 Å². The van der Waals surface area contributed by atoms with Gasteiger partial charge in [-0.05, 0) is 58.5 Å². The summed E-state index contributed by atoms with van der Waals surface area (Å²) < 4.78 is 6.43. The van der Waals surface area contributed by atoms with E-state index in [9.17, 15) is 19.5 Å². The summed E-state index contributed by atoms with van der Waals surface area (Å²) in [5.74, 6) is -0.935. The zero-order valence-electron chi connectivity index (χ0n) is 23.9. The van der Waals surface area contributed by atoms with E-state index in [2.05, 4.69) is 22.0 Å². The number of carboxylic acids is 1. The Labute approximate surface area is 252 Å². The lowest BCUT2D eigenvalue weighted by atomic mass is 9.93. The van der Waals surface area contributed by atoms with E-state index in [0.717, 1.165) is 40.7 Å². The molecule has 5 aromatic rings. The van der Waals surface area contributed by atoms with Gasteiger partial charge in [-0.2, -0.15) is 0 Å². The van der Waals surface area contributed by atoms with Crippen molar-refractivity contribution in [2.24, 2.45) is 0 Å². The average Bonchev–Trinajstić information content (AvgIpc) is 3.57. The van der Waals surface area contributed by atoms with Crippen molar-refractivity contribution in [1.82, 2.24) is 24.6 Å². The van der Waals surface area contributed by atoms with Gasteiger partial charge in [0.2, 0.25) is 0 Å². The lowest BCUT2D eigenvalue weighted by Gasteiger charge is -2.14. The molecule has 2 N–H and O–H groups in total. The highest BCUT2D eigenvalue weighted by Gasteiger charge is 2.22. The first-order valence-electron chi connectivity index (χ1n) is 13.8. The van der Waals surface area contributed by atoms with Gasteiger partial charge in [0, 0.05) is 38.2 Å². The molecule has 5 rings (SSSR count). The van der Waals surface area contributed by atoms with Crippen molar-refractivity contribution in [3.63, 3.8) is 0 Å². The van der Waals surface area contributed by atoms with E-state index in [0.29, 0.717) is 35.7 Å². The standard InChI is InChI=1S/C32H30ClN5O5/c1-4-5-6-26-34-28(33)27(31(40)41)38(26)18-19-7-9-21(10-8-19)25-17-23(15-16-24(25)29-35-32(42)43-36-29)20-11-13-22(14-12-20)30(39)37(2)3/h7-17H,4-6,18H2,1-3H3,(H,40,41)(H,35,36,42). The van der Waals surface area contributed by atoms with Crippen LogP contribution in [0.2, 0.25) is 5.15 Å². The minimum atomic E-state index is -1.13. The number of hydrogen-bond acceptors (Lipinski definition) is 6. The second-order valence-corrected chi connectivity index (χ2v) is 10.7. The minimum absolute atomic E-state index is 0.0163. The number of aryl methyl sites for hydroxylation is 1. The molecule has 0 spiro atoms. The molecule has 0 aliphatic carbocycles. The van der Waals surface area contributed by atoms with Crippen LogP contribution in [-0.2, 0) is 13.0 Å². The molecule has 3 aromatic carbocycles. The largest absolute Gasteiger partial charge is 0.476 e. The maximum atomic E-state index is 12.3. The van der Waals surface area contributed by atoms with Gasteiger partial charge in [-0.15, -0.1) is 0 Å². The third-order valence-electron chi connectivity index (χ3n) is 7.15. The molecule has 1 amide bonds. The van der Waals surface area contributed by atoms with Crippen LogP contribution in [0, 0.1) is 0 Å². The SMILES string of the molecule is CCCCc1nc(Cl)c(C(=O)O)n1Cc1ccc(-c2cc(-c3ccc(C(=O)N(C)C)cc3)ccc2-c2noc(=O)[nH]2)cc1. The van der Waals surface area contributed by atoms with Crippen molar-refractivity contribution < 1.29 is 19.2 Å². The average molecular weight is 600 g/mol. The normalized spacial score (nSPS) is 11.1. The fraction of sp³-hybridized carbons (Fsp3) is 0.219. The third-order valence-corrected chi connectivity index (χ3v) is 7.42. The summed E-state index contributed by atoms with van der Waals surface area (Å²) in [7, 11) is 3.42. The van der Waals surface area contributed by atoms with E-state index in [1.807, 2.05) is 54.6 Å². The molecule has 0 aliphatic heterocycles. The number of hydrogen-bond donors (Lipinski definition) is 2. The number of imidazole rings is 1. The number of aromatic carboxylic acids is 1. The predicted octanol–water partition coefficient (Wildman–Crippen LogP) is 6.00. The van der Waals surface area contributed by atoms with Gasteiger partial charge >= 0.3 is 11.7 Å². The van der Waals surface area contributed by atoms with Crippen LogP contribution in [-0.4, -0.2) is 55.7 Å². The number of H-pyrrole nitrogens is 1. The molecule has 0 radical (unpaired) electrons. The fourth-order valence-electron chi connectivity index (χ4n) is 4.92. The van der Waals surface area contributed by atoms with Crippen LogP contribution in [0.15, 0.2) is 76.0 Å². The van der Waals surface area contributed by atoms with Crippen LogP contribution in [0.1, 0.15) is 52.0 Å². The maximum Gasteiger partial charge on any atom is 0.439 e. The molecule has 2 aromatic heterocycles. The Morgan fingerprint density at radius 1 is 0.977 bits per heavy atom. The van der Waals surface area contributed by atoms with Gasteiger partial charge in [-0.1, -0.05) is 72.6 Å². The maximum absolute atomic E-state index is 12.3. The molecule has 0 bridgehead atoms. The van der Waals surface area contributed by atoms with E-state index in [1.54, 1.807) is 30.8 Å². The fourth-order valence-corrected chi connectivity index (χ4v) is 5.20. The Bertz CT molecular complexity index is 1840. The summed E-state index contributed by atoms with van der Waals surface area (Å²) in [6.45, 7) is 2.35. The molecule has 10 nitrogen and oxygen atoms in total. The smallest absolute Gasteiger partial charge is 0.439 e. The lowest BCUT2D eigenvalue weighted by molar-refractivity contribution is 0.0685. The van der Waals surface area contributed by atoms with Crippen molar-refractivity contribution >= 4 is 23.5 Å². The second kappa shape index (κ2) is 12.5. The van der Waals surface area contributed by atoms with Gasteiger partial charge in [0.25, 0.3) is 5.91 Å². The zero-order valence-corrected chi connectivity index (χ0v) is 24.7. The van der Waals surface area contributed by atoms with Crippen LogP contribution in [0.3, 0.4) is 0 Å². The quantitative estimate of drug-likeness (QED) is 0.201.